The van der Waals surface area contributed by atoms with Crippen LogP contribution in [0.3, 0.4) is 0 Å². The van der Waals surface area contributed by atoms with E-state index in [9.17, 15) is 35.6 Å². The molecule has 0 atom stereocenters. The molecule has 21 rings (SSSR count). The molecule has 0 radical (unpaired) electrons. The van der Waals surface area contributed by atoms with Crippen molar-refractivity contribution >= 4 is 141 Å². The molecule has 0 N–H and O–H groups in total. The largest absolute Gasteiger partial charge is 0.456 e. The van der Waals surface area contributed by atoms with Gasteiger partial charge in [-0.3, -0.25) is 0 Å². The molecule has 0 amide bonds. The van der Waals surface area contributed by atoms with Crippen molar-refractivity contribution in [3.05, 3.63) is 350 Å². The number of fused-ring (bicyclic) bond motifs is 16. The Labute approximate surface area is 646 Å². The van der Waals surface area contributed by atoms with Crippen LogP contribution in [0.1, 0.15) is 79.5 Å². The highest BCUT2D eigenvalue weighted by atomic mass is 16.3. The Hall–Kier alpha value is -12.9. The van der Waals surface area contributed by atoms with E-state index in [1.807, 2.05) is 0 Å². The van der Waals surface area contributed by atoms with Crippen LogP contribution in [-0.2, 0) is 0 Å². The second-order valence-corrected chi connectivity index (χ2v) is 21.5. The topological polar surface area (TPSA) is 26.3 Å². The molecular formula is C96H58O2. The fourth-order valence-corrected chi connectivity index (χ4v) is 11.8. The van der Waals surface area contributed by atoms with Crippen molar-refractivity contribution < 1.29 is 88.3 Å². The molecule has 0 saturated carbocycles. The Kier molecular flexibility index (Phi) is 5.24. The second kappa shape index (κ2) is 22.4. The summed E-state index contributed by atoms with van der Waals surface area (Å²) in [4.78, 5) is 0. The van der Waals surface area contributed by atoms with Crippen molar-refractivity contribution in [2.24, 2.45) is 0 Å². The molecule has 2 heterocycles. The van der Waals surface area contributed by atoms with Crippen molar-refractivity contribution in [1.82, 2.24) is 0 Å². The van der Waals surface area contributed by atoms with Gasteiger partial charge in [0.2, 0.25) is 0 Å². The zero-order valence-corrected chi connectivity index (χ0v) is 48.8. The first-order chi connectivity index (χ1) is 72.8. The standard InChI is InChI=1S/C50H30O.C46H28O/c1-2-11-35-30-48-46(28-34(35)10-1)45-29-38(24-26-47(45)51-48)50-43-15-7-5-13-41(43)49(42-14-6-8-16-44(42)50)33-20-17-31(18-21-33)36-23-25-40-37(27-36)22-19-32-9-3-4-12-39(32)40;1-2-10-32-25-35(22-19-29(32)9-1)30-17-20-31(21-18-30)45-37-13-5-7-15-39(37)46(40-16-8-6-14-38(40)45)36-23-24-43-41(27-36)42-26-33-11-3-4-12-34(33)28-44(42)47-43/h1-30H;1-28H/i1D,2D,3D,4D,5D,6D,7D,8D,9D,10D,11D,12D,13D,14D,15D,16D,17D,18D,19D,20D,21D,22D,23D,24D,25D,26D,27D,28D,29D,30D;1D,2D,3D,4D,5D,6D,7D,8D,9D,10D,11D,12D,13D,14D,15D,16D,17D,18D,19D,20D,21D,22D,23D,24D,25D,26D,27D,28D. The summed E-state index contributed by atoms with van der Waals surface area (Å²) < 4.78 is 535. The molecule has 0 spiro atoms. The maximum absolute atomic E-state index is 9.85. The van der Waals surface area contributed by atoms with E-state index < -0.39 is 558 Å². The Balaban J connectivity index is 0.000000188. The number of furan rings is 2. The van der Waals surface area contributed by atoms with E-state index in [2.05, 4.69) is 0 Å². The van der Waals surface area contributed by atoms with Gasteiger partial charge in [0, 0.05) is 21.5 Å². The Bertz CT molecular complexity index is 10300. The average Bonchev–Trinajstić information content (AvgIpc) is 1.14. The van der Waals surface area contributed by atoms with Crippen LogP contribution in [0.25, 0.3) is 208 Å². The number of hydrogen-bond donors (Lipinski definition) is 0. The Morgan fingerprint density at radius 1 is 0.143 bits per heavy atom. The predicted octanol–water partition coefficient (Wildman–Crippen LogP) is 27.6. The fourth-order valence-electron chi connectivity index (χ4n) is 11.8. The SMILES string of the molecule is [2H]c1c([2H])c(-c2c3c([2H])c([2H])c([2H])c([2H])c3c(-c3c([2H])c([2H])c4oc5c([2H])c6c([2H])c([2H])c([2H])c([2H])c6c([2H])c5c4c3[2H])c3c([2H])c([2H])c([2H])c([2H])c23)c([2H])c([2H])c1-c1c([2H])c([2H])c2c([2H])c([2H])c([2H])c([2H])c2c1[2H].[2H]c1c([2H])c(-c2c3c([2H])c([2H])c([2H])c([2H])c3c(-c3c([2H])c([2H])c4oc5c([2H])c6c([2H])c([2H])c([2H])c([2H])c6c([2H])c5c4c3[2H])c3c([2H])c([2H])c([2H])c([2H])c23)c([2H])c([2H])c1-c1c([2H])c([2H])c2c(c1[2H])c([2H])c([2H])c1c([2H])c([2H])c([2H])c([2H])c12. The van der Waals surface area contributed by atoms with Gasteiger partial charge in [0.15, 0.2) is 0 Å². The van der Waals surface area contributed by atoms with Gasteiger partial charge < -0.3 is 8.83 Å². The van der Waals surface area contributed by atoms with Crippen LogP contribution in [-0.4, -0.2) is 0 Å². The van der Waals surface area contributed by atoms with E-state index in [-0.39, 0.29) is 0 Å². The van der Waals surface area contributed by atoms with Crippen molar-refractivity contribution in [3.63, 3.8) is 0 Å². The summed E-state index contributed by atoms with van der Waals surface area (Å²) in [7, 11) is 0. The van der Waals surface area contributed by atoms with Crippen molar-refractivity contribution in [2.75, 3.05) is 0 Å². The molecule has 0 aliphatic carbocycles. The number of hydrogen-bond acceptors (Lipinski definition) is 2. The van der Waals surface area contributed by atoms with Crippen LogP contribution in [0.2, 0.25) is 0 Å². The molecule has 454 valence electrons. The quantitative estimate of drug-likeness (QED) is 0.123. The molecule has 0 saturated heterocycles. The smallest absolute Gasteiger partial charge is 0.136 e. The lowest BCUT2D eigenvalue weighted by Crippen LogP contribution is -1.91. The van der Waals surface area contributed by atoms with Gasteiger partial charge in [-0.25, -0.2) is 0 Å². The summed E-state index contributed by atoms with van der Waals surface area (Å²) in [6, 6.07) is -52.7. The lowest BCUT2D eigenvalue weighted by atomic mass is 9.85. The van der Waals surface area contributed by atoms with E-state index >= 15 is 0 Å². The first-order valence-corrected chi connectivity index (χ1v) is 29.1. The van der Waals surface area contributed by atoms with Gasteiger partial charge in [0.1, 0.15) is 22.3 Å². The highest BCUT2D eigenvalue weighted by Crippen LogP contribution is 2.48. The molecule has 98 heavy (non-hydrogen) atoms. The average molecular weight is 1300 g/mol. The zero-order valence-electron chi connectivity index (χ0n) is 107. The molecule has 19 aromatic carbocycles. The molecule has 2 nitrogen and oxygen atoms in total. The third-order valence-corrected chi connectivity index (χ3v) is 16.1. The number of benzene rings is 19. The van der Waals surface area contributed by atoms with Crippen molar-refractivity contribution in [3.8, 4) is 66.8 Å². The van der Waals surface area contributed by atoms with Crippen LogP contribution < -0.4 is 0 Å². The minimum Gasteiger partial charge on any atom is -0.456 e. The normalized spacial score (nSPS) is 20.2. The lowest BCUT2D eigenvalue weighted by molar-refractivity contribution is 0.669. The van der Waals surface area contributed by atoms with Crippen LogP contribution in [0.4, 0.5) is 0 Å². The maximum atomic E-state index is 9.85. The summed E-state index contributed by atoms with van der Waals surface area (Å²) in [5.41, 5.74) is -11.9. The van der Waals surface area contributed by atoms with Crippen LogP contribution in [0, 0.1) is 0 Å². The third kappa shape index (κ3) is 9.10. The van der Waals surface area contributed by atoms with E-state index in [0.29, 0.717) is 0 Å². The van der Waals surface area contributed by atoms with E-state index in [0.717, 1.165) is 0 Å². The van der Waals surface area contributed by atoms with Crippen molar-refractivity contribution in [2.45, 2.75) is 0 Å². The van der Waals surface area contributed by atoms with Crippen molar-refractivity contribution in [1.29, 1.82) is 0 Å². The highest BCUT2D eigenvalue weighted by molar-refractivity contribution is 6.25. The van der Waals surface area contributed by atoms with Gasteiger partial charge >= 0.3 is 0 Å². The van der Waals surface area contributed by atoms with Gasteiger partial charge in [-0.2, -0.15) is 0 Å². The predicted molar refractivity (Wildman–Crippen MR) is 418 cm³/mol. The number of rotatable bonds is 6. The summed E-state index contributed by atoms with van der Waals surface area (Å²) in [5.74, 6) is 0. The Morgan fingerprint density at radius 3 is 0.837 bits per heavy atom. The van der Waals surface area contributed by atoms with E-state index in [1.54, 1.807) is 0 Å². The summed E-state index contributed by atoms with van der Waals surface area (Å²) >= 11 is 0. The molecule has 0 fully saturated rings. The molecule has 0 aliphatic rings. The molecule has 0 bridgehead atoms. The summed E-state index contributed by atoms with van der Waals surface area (Å²) in [5, 5.41) is -13.2. The Morgan fingerprint density at radius 2 is 0.408 bits per heavy atom. The van der Waals surface area contributed by atoms with Crippen LogP contribution in [0.15, 0.2) is 359 Å². The molecular weight excluding hydrogens is 1190 g/mol. The highest BCUT2D eigenvalue weighted by Gasteiger charge is 2.21. The minimum absolute atomic E-state index is 0.446. The van der Waals surface area contributed by atoms with E-state index in [4.69, 9.17) is 52.7 Å². The second-order valence-electron chi connectivity index (χ2n) is 21.5. The van der Waals surface area contributed by atoms with Gasteiger partial charge in [-0.1, -0.05) is 290 Å². The molecule has 21 aromatic rings. The third-order valence-electron chi connectivity index (χ3n) is 16.1. The van der Waals surface area contributed by atoms with Gasteiger partial charge in [-0.05, 0) is 224 Å². The molecule has 2 heteroatoms. The fraction of sp³-hybridized carbons (Fsp3) is 0. The van der Waals surface area contributed by atoms with Gasteiger partial charge in [0.05, 0.1) is 79.5 Å². The van der Waals surface area contributed by atoms with E-state index in [1.165, 1.54) is 0 Å². The van der Waals surface area contributed by atoms with Gasteiger partial charge in [0.25, 0.3) is 0 Å². The monoisotopic (exact) mass is 1300 g/mol. The zero-order chi connectivity index (χ0) is 115. The first kappa shape index (κ1) is 22.9. The first-order valence-electron chi connectivity index (χ1n) is 58.1. The molecule has 2 aromatic heterocycles. The molecule has 0 aliphatic heterocycles. The molecule has 0 unspecified atom stereocenters. The lowest BCUT2D eigenvalue weighted by Gasteiger charge is -2.18. The van der Waals surface area contributed by atoms with Crippen LogP contribution in [0.5, 0.6) is 0 Å². The maximum Gasteiger partial charge on any atom is 0.136 e. The minimum atomic E-state index is -1.13. The van der Waals surface area contributed by atoms with Crippen LogP contribution >= 0.6 is 0 Å². The summed E-state index contributed by atoms with van der Waals surface area (Å²) in [6.45, 7) is 0. The van der Waals surface area contributed by atoms with Gasteiger partial charge in [-0.15, -0.1) is 0 Å². The summed E-state index contributed by atoms with van der Waals surface area (Å²) in [6.07, 6.45) is 0.